The normalized spacial score (nSPS) is 9.88. The molecular formula is C12H10ClN3S. The van der Waals surface area contributed by atoms with E-state index in [4.69, 9.17) is 22.6 Å². The van der Waals surface area contributed by atoms with Crippen LogP contribution in [0, 0.1) is 11.3 Å². The summed E-state index contributed by atoms with van der Waals surface area (Å²) < 4.78 is 0. The number of thiophene rings is 1. The highest BCUT2D eigenvalue weighted by Crippen LogP contribution is 2.28. The smallest absolute Gasteiger partial charge is 0.129 e. The van der Waals surface area contributed by atoms with E-state index in [9.17, 15) is 0 Å². The monoisotopic (exact) mass is 263 g/mol. The Morgan fingerprint density at radius 2 is 2.06 bits per heavy atom. The molecule has 0 unspecified atom stereocenters. The van der Waals surface area contributed by atoms with Gasteiger partial charge in [0.1, 0.15) is 10.9 Å². The lowest BCUT2D eigenvalue weighted by Crippen LogP contribution is -1.96. The second-order valence-corrected chi connectivity index (χ2v) is 4.98. The summed E-state index contributed by atoms with van der Waals surface area (Å²) in [5.74, 6) is 0. The van der Waals surface area contributed by atoms with Gasteiger partial charge in [0.25, 0.3) is 0 Å². The standard InChI is InChI=1S/C12H10ClN3S/c13-9-3-1-8(2-4-9)7-16-12-5-10(15)11(6-14)17-12/h1-5,16H,7,15H2. The van der Waals surface area contributed by atoms with Gasteiger partial charge in [-0.15, -0.1) is 11.3 Å². The van der Waals surface area contributed by atoms with Crippen LogP contribution in [0.5, 0.6) is 0 Å². The minimum Gasteiger partial charge on any atom is -0.397 e. The number of hydrogen-bond donors (Lipinski definition) is 2. The van der Waals surface area contributed by atoms with Gasteiger partial charge >= 0.3 is 0 Å². The molecule has 1 heterocycles. The van der Waals surface area contributed by atoms with Gasteiger partial charge in [0.15, 0.2) is 0 Å². The molecule has 0 bridgehead atoms. The topological polar surface area (TPSA) is 61.8 Å². The maximum absolute atomic E-state index is 8.79. The lowest BCUT2D eigenvalue weighted by Gasteiger charge is -2.03. The molecule has 0 spiro atoms. The molecule has 0 aliphatic carbocycles. The Labute approximate surface area is 108 Å². The van der Waals surface area contributed by atoms with Crippen LogP contribution >= 0.6 is 22.9 Å². The van der Waals surface area contributed by atoms with Crippen LogP contribution < -0.4 is 11.1 Å². The maximum Gasteiger partial charge on any atom is 0.129 e. The maximum atomic E-state index is 8.79. The molecule has 3 N–H and O–H groups in total. The number of rotatable bonds is 3. The van der Waals surface area contributed by atoms with E-state index in [0.29, 0.717) is 17.1 Å². The Morgan fingerprint density at radius 3 is 2.65 bits per heavy atom. The molecule has 1 aromatic heterocycles. The third kappa shape index (κ3) is 2.90. The van der Waals surface area contributed by atoms with E-state index < -0.39 is 0 Å². The van der Waals surface area contributed by atoms with E-state index in [-0.39, 0.29) is 0 Å². The number of nitriles is 1. The summed E-state index contributed by atoms with van der Waals surface area (Å²) in [6.07, 6.45) is 0. The van der Waals surface area contributed by atoms with Crippen LogP contribution in [0.25, 0.3) is 0 Å². The molecule has 0 saturated carbocycles. The summed E-state index contributed by atoms with van der Waals surface area (Å²) in [5.41, 5.74) is 7.32. The fraction of sp³-hybridized carbons (Fsp3) is 0.0833. The van der Waals surface area contributed by atoms with Gasteiger partial charge < -0.3 is 11.1 Å². The first-order valence-electron chi connectivity index (χ1n) is 4.97. The van der Waals surface area contributed by atoms with Gasteiger partial charge in [-0.1, -0.05) is 23.7 Å². The van der Waals surface area contributed by atoms with Crippen molar-refractivity contribution in [2.24, 2.45) is 0 Å². The van der Waals surface area contributed by atoms with E-state index in [1.165, 1.54) is 11.3 Å². The highest BCUT2D eigenvalue weighted by Gasteiger charge is 2.04. The molecular weight excluding hydrogens is 254 g/mol. The molecule has 2 aromatic rings. The molecule has 0 saturated heterocycles. The van der Waals surface area contributed by atoms with Crippen LogP contribution in [-0.4, -0.2) is 0 Å². The first kappa shape index (κ1) is 11.8. The molecule has 0 aliphatic rings. The quantitative estimate of drug-likeness (QED) is 0.891. The summed E-state index contributed by atoms with van der Waals surface area (Å²) in [5, 5.41) is 13.6. The first-order chi connectivity index (χ1) is 8.19. The van der Waals surface area contributed by atoms with Crippen molar-refractivity contribution in [1.82, 2.24) is 0 Å². The zero-order valence-corrected chi connectivity index (χ0v) is 10.5. The van der Waals surface area contributed by atoms with Crippen molar-refractivity contribution in [3.63, 3.8) is 0 Å². The largest absolute Gasteiger partial charge is 0.397 e. The fourth-order valence-corrected chi connectivity index (χ4v) is 2.27. The molecule has 86 valence electrons. The average molecular weight is 264 g/mol. The molecule has 0 radical (unpaired) electrons. The summed E-state index contributed by atoms with van der Waals surface area (Å²) in [6, 6.07) is 11.4. The number of halogens is 1. The molecule has 2 rings (SSSR count). The third-order valence-electron chi connectivity index (χ3n) is 2.24. The number of nitrogens with one attached hydrogen (secondary N) is 1. The van der Waals surface area contributed by atoms with Crippen molar-refractivity contribution < 1.29 is 0 Å². The minimum absolute atomic E-state index is 0.524. The van der Waals surface area contributed by atoms with Gasteiger partial charge in [0.05, 0.1) is 10.7 Å². The number of anilines is 2. The van der Waals surface area contributed by atoms with Gasteiger partial charge in [-0.25, -0.2) is 0 Å². The summed E-state index contributed by atoms with van der Waals surface area (Å²) in [7, 11) is 0. The van der Waals surface area contributed by atoms with Crippen molar-refractivity contribution >= 4 is 33.6 Å². The van der Waals surface area contributed by atoms with Crippen LogP contribution in [-0.2, 0) is 6.54 Å². The van der Waals surface area contributed by atoms with Crippen molar-refractivity contribution in [2.45, 2.75) is 6.54 Å². The van der Waals surface area contributed by atoms with Crippen LogP contribution in [0.4, 0.5) is 10.7 Å². The zero-order chi connectivity index (χ0) is 12.3. The van der Waals surface area contributed by atoms with E-state index in [0.717, 1.165) is 15.6 Å². The van der Waals surface area contributed by atoms with Crippen molar-refractivity contribution in [3.8, 4) is 6.07 Å². The van der Waals surface area contributed by atoms with E-state index in [2.05, 4.69) is 11.4 Å². The molecule has 5 heteroatoms. The molecule has 0 atom stereocenters. The molecule has 0 aliphatic heterocycles. The summed E-state index contributed by atoms with van der Waals surface area (Å²) in [4.78, 5) is 0.545. The van der Waals surface area contributed by atoms with E-state index in [1.54, 1.807) is 6.07 Å². The highest BCUT2D eigenvalue weighted by molar-refractivity contribution is 7.17. The van der Waals surface area contributed by atoms with Crippen molar-refractivity contribution in [3.05, 3.63) is 45.8 Å². The van der Waals surface area contributed by atoms with Gasteiger partial charge in [0, 0.05) is 11.6 Å². The Hall–Kier alpha value is -1.70. The zero-order valence-electron chi connectivity index (χ0n) is 8.90. The van der Waals surface area contributed by atoms with Crippen molar-refractivity contribution in [2.75, 3.05) is 11.1 Å². The fourth-order valence-electron chi connectivity index (χ4n) is 1.37. The number of hydrogen-bond acceptors (Lipinski definition) is 4. The van der Waals surface area contributed by atoms with Gasteiger partial charge in [-0.05, 0) is 23.8 Å². The molecule has 17 heavy (non-hydrogen) atoms. The molecule has 3 nitrogen and oxygen atoms in total. The predicted molar refractivity (Wildman–Crippen MR) is 72.2 cm³/mol. The van der Waals surface area contributed by atoms with E-state index in [1.807, 2.05) is 24.3 Å². The average Bonchev–Trinajstić information content (AvgIpc) is 2.69. The Morgan fingerprint density at radius 1 is 1.35 bits per heavy atom. The Balaban J connectivity index is 2.02. The number of nitrogens with two attached hydrogens (primary N) is 1. The van der Waals surface area contributed by atoms with Gasteiger partial charge in [0.2, 0.25) is 0 Å². The number of benzene rings is 1. The van der Waals surface area contributed by atoms with Crippen LogP contribution in [0.15, 0.2) is 30.3 Å². The van der Waals surface area contributed by atoms with Gasteiger partial charge in [-0.3, -0.25) is 0 Å². The molecule has 1 aromatic carbocycles. The molecule has 0 amide bonds. The van der Waals surface area contributed by atoms with Crippen LogP contribution in [0.1, 0.15) is 10.4 Å². The SMILES string of the molecule is N#Cc1sc(NCc2ccc(Cl)cc2)cc1N. The van der Waals surface area contributed by atoms with Gasteiger partial charge in [-0.2, -0.15) is 5.26 Å². The predicted octanol–water partition coefficient (Wildman–Crippen LogP) is 3.47. The molecule has 0 fully saturated rings. The minimum atomic E-state index is 0.524. The second-order valence-electron chi connectivity index (χ2n) is 3.49. The second kappa shape index (κ2) is 5.09. The Kier molecular flexibility index (Phi) is 3.52. The number of nitrogens with zero attached hydrogens (tertiary/aromatic N) is 1. The lowest BCUT2D eigenvalue weighted by atomic mass is 10.2. The number of nitrogen functional groups attached to an aromatic ring is 1. The highest BCUT2D eigenvalue weighted by atomic mass is 35.5. The third-order valence-corrected chi connectivity index (χ3v) is 3.51. The van der Waals surface area contributed by atoms with Crippen LogP contribution in [0.2, 0.25) is 5.02 Å². The summed E-state index contributed by atoms with van der Waals surface area (Å²) in [6.45, 7) is 0.683. The first-order valence-corrected chi connectivity index (χ1v) is 6.16. The van der Waals surface area contributed by atoms with Crippen molar-refractivity contribution in [1.29, 1.82) is 5.26 Å². The lowest BCUT2D eigenvalue weighted by molar-refractivity contribution is 1.16. The van der Waals surface area contributed by atoms with E-state index >= 15 is 0 Å². The summed E-state index contributed by atoms with van der Waals surface area (Å²) >= 11 is 7.16. The van der Waals surface area contributed by atoms with Crippen LogP contribution in [0.3, 0.4) is 0 Å². The Bertz CT molecular complexity index is 554.